The zero-order valence-electron chi connectivity index (χ0n) is 11.7. The Morgan fingerprint density at radius 2 is 2.25 bits per heavy atom. The molecular formula is C14H21N3O3. The highest BCUT2D eigenvalue weighted by Gasteiger charge is 2.45. The molecule has 1 heterocycles. The van der Waals surface area contributed by atoms with Gasteiger partial charge in [0.2, 0.25) is 0 Å². The van der Waals surface area contributed by atoms with E-state index in [1.807, 2.05) is 13.0 Å². The van der Waals surface area contributed by atoms with Crippen LogP contribution in [0.4, 0.5) is 10.5 Å². The van der Waals surface area contributed by atoms with E-state index in [1.54, 1.807) is 19.3 Å². The van der Waals surface area contributed by atoms with Gasteiger partial charge in [-0.05, 0) is 43.2 Å². The van der Waals surface area contributed by atoms with Gasteiger partial charge in [0.05, 0.1) is 23.5 Å². The van der Waals surface area contributed by atoms with E-state index in [-0.39, 0.29) is 11.8 Å². The van der Waals surface area contributed by atoms with Crippen LogP contribution in [0.2, 0.25) is 0 Å². The van der Waals surface area contributed by atoms with E-state index < -0.39 is 17.7 Å². The highest BCUT2D eigenvalue weighted by atomic mass is 16.4. The fourth-order valence-corrected chi connectivity index (χ4v) is 3.03. The van der Waals surface area contributed by atoms with Crippen LogP contribution in [-0.2, 0) is 0 Å². The molecule has 5 N–H and O–H groups in total. The summed E-state index contributed by atoms with van der Waals surface area (Å²) in [4.78, 5) is 14.9. The predicted octanol–water partition coefficient (Wildman–Crippen LogP) is 1.56. The number of hydrogen-bond donors (Lipinski definition) is 4. The van der Waals surface area contributed by atoms with Crippen LogP contribution in [0.3, 0.4) is 0 Å². The van der Waals surface area contributed by atoms with Crippen molar-refractivity contribution in [2.24, 2.45) is 5.92 Å². The van der Waals surface area contributed by atoms with Gasteiger partial charge in [0.25, 0.3) is 0 Å². The lowest BCUT2D eigenvalue weighted by Gasteiger charge is -2.45. The number of aliphatic hydroxyl groups is 1. The summed E-state index contributed by atoms with van der Waals surface area (Å²) in [6, 6.07) is 1.35. The van der Waals surface area contributed by atoms with Crippen molar-refractivity contribution in [3.8, 4) is 0 Å². The highest BCUT2D eigenvalue weighted by Crippen LogP contribution is 2.42. The molecule has 0 spiro atoms. The van der Waals surface area contributed by atoms with Crippen molar-refractivity contribution in [2.45, 2.75) is 44.2 Å². The minimum Gasteiger partial charge on any atom is -0.465 e. The van der Waals surface area contributed by atoms with Gasteiger partial charge in [-0.2, -0.15) is 0 Å². The Kier molecular flexibility index (Phi) is 3.85. The van der Waals surface area contributed by atoms with Crippen LogP contribution in [0.5, 0.6) is 0 Å². The van der Waals surface area contributed by atoms with Gasteiger partial charge >= 0.3 is 6.09 Å². The molecule has 0 aliphatic heterocycles. The number of pyridine rings is 1. The summed E-state index contributed by atoms with van der Waals surface area (Å²) < 4.78 is 0. The minimum atomic E-state index is -1.12. The van der Waals surface area contributed by atoms with E-state index >= 15 is 0 Å². The monoisotopic (exact) mass is 279 g/mol. The first-order valence-corrected chi connectivity index (χ1v) is 6.73. The number of nitrogen functional groups attached to an aromatic ring is 1. The van der Waals surface area contributed by atoms with Crippen molar-refractivity contribution in [3.63, 3.8) is 0 Å². The molecule has 6 nitrogen and oxygen atoms in total. The van der Waals surface area contributed by atoms with Gasteiger partial charge in [-0.25, -0.2) is 4.79 Å². The van der Waals surface area contributed by atoms with E-state index in [0.717, 1.165) is 12.0 Å². The fourth-order valence-electron chi connectivity index (χ4n) is 3.03. The molecule has 1 amide bonds. The molecule has 4 unspecified atom stereocenters. The predicted molar refractivity (Wildman–Crippen MR) is 75.4 cm³/mol. The normalized spacial score (nSPS) is 33.6. The van der Waals surface area contributed by atoms with Crippen LogP contribution in [0.15, 0.2) is 18.5 Å². The van der Waals surface area contributed by atoms with E-state index in [1.165, 1.54) is 0 Å². The Morgan fingerprint density at radius 3 is 2.85 bits per heavy atom. The van der Waals surface area contributed by atoms with E-state index in [9.17, 15) is 9.90 Å². The summed E-state index contributed by atoms with van der Waals surface area (Å²) in [5.41, 5.74) is 6.47. The number of nitrogens with zero attached hydrogens (tertiary/aromatic N) is 1. The molecule has 20 heavy (non-hydrogen) atoms. The summed E-state index contributed by atoms with van der Waals surface area (Å²) >= 11 is 0. The molecule has 1 saturated carbocycles. The summed E-state index contributed by atoms with van der Waals surface area (Å²) in [5, 5.41) is 21.9. The molecule has 1 aromatic heterocycles. The molecular weight excluding hydrogens is 258 g/mol. The molecule has 0 bridgehead atoms. The largest absolute Gasteiger partial charge is 0.465 e. The second-order valence-electron chi connectivity index (χ2n) is 5.80. The summed E-state index contributed by atoms with van der Waals surface area (Å²) in [7, 11) is 0. The van der Waals surface area contributed by atoms with Gasteiger partial charge in [0.1, 0.15) is 0 Å². The number of amides is 1. The van der Waals surface area contributed by atoms with Crippen LogP contribution >= 0.6 is 0 Å². The van der Waals surface area contributed by atoms with E-state index in [2.05, 4.69) is 10.3 Å². The smallest absolute Gasteiger partial charge is 0.404 e. The van der Waals surface area contributed by atoms with Crippen LogP contribution in [-0.4, -0.2) is 32.9 Å². The van der Waals surface area contributed by atoms with Crippen molar-refractivity contribution in [1.29, 1.82) is 0 Å². The van der Waals surface area contributed by atoms with Gasteiger partial charge in [0.15, 0.2) is 0 Å². The molecule has 1 fully saturated rings. The molecule has 2 rings (SSSR count). The van der Waals surface area contributed by atoms with Gasteiger partial charge in [-0.15, -0.1) is 0 Å². The van der Waals surface area contributed by atoms with Gasteiger partial charge < -0.3 is 21.3 Å². The Bertz CT molecular complexity index is 504. The Labute approximate surface area is 118 Å². The van der Waals surface area contributed by atoms with Crippen LogP contribution in [0.1, 0.15) is 38.2 Å². The van der Waals surface area contributed by atoms with E-state index in [4.69, 9.17) is 10.8 Å². The minimum absolute atomic E-state index is 0.0364. The Morgan fingerprint density at radius 1 is 1.55 bits per heavy atom. The summed E-state index contributed by atoms with van der Waals surface area (Å²) in [6.45, 7) is 3.62. The average Bonchev–Trinajstić information content (AvgIpc) is 2.35. The number of hydrogen-bond acceptors (Lipinski definition) is 4. The van der Waals surface area contributed by atoms with Gasteiger partial charge in [-0.3, -0.25) is 4.98 Å². The second kappa shape index (κ2) is 5.28. The highest BCUT2D eigenvalue weighted by molar-refractivity contribution is 5.65. The molecule has 110 valence electrons. The van der Waals surface area contributed by atoms with Gasteiger partial charge in [0, 0.05) is 6.20 Å². The maximum Gasteiger partial charge on any atom is 0.404 e. The summed E-state index contributed by atoms with van der Waals surface area (Å²) in [5.74, 6) is 0.0794. The molecule has 0 aromatic carbocycles. The molecule has 0 saturated heterocycles. The van der Waals surface area contributed by atoms with Crippen molar-refractivity contribution in [2.75, 3.05) is 5.73 Å². The second-order valence-corrected chi connectivity index (χ2v) is 5.80. The lowest BCUT2D eigenvalue weighted by atomic mass is 9.67. The quantitative estimate of drug-likeness (QED) is 0.657. The SMILES string of the molecule is CC1CC(c2ccncc2N)CC(NC(=O)O)C1(C)O. The van der Waals surface area contributed by atoms with Crippen molar-refractivity contribution in [1.82, 2.24) is 10.3 Å². The lowest BCUT2D eigenvalue weighted by molar-refractivity contribution is -0.0558. The first kappa shape index (κ1) is 14.6. The zero-order valence-corrected chi connectivity index (χ0v) is 11.7. The fraction of sp³-hybridized carbons (Fsp3) is 0.571. The molecule has 1 aliphatic rings. The standard InChI is InChI=1S/C14H21N3O3/c1-8-5-9(10-3-4-16-7-11(10)15)6-12(14(8,2)20)17-13(18)19/h3-4,7-9,12,17,20H,5-6,15H2,1-2H3,(H,18,19). The number of carbonyl (C=O) groups is 1. The van der Waals surface area contributed by atoms with Crippen molar-refractivity contribution in [3.05, 3.63) is 24.0 Å². The van der Waals surface area contributed by atoms with Crippen molar-refractivity contribution >= 4 is 11.8 Å². The van der Waals surface area contributed by atoms with Gasteiger partial charge in [-0.1, -0.05) is 6.92 Å². The third kappa shape index (κ3) is 2.70. The number of nitrogens with one attached hydrogen (secondary N) is 1. The first-order valence-electron chi connectivity index (χ1n) is 6.73. The molecule has 1 aliphatic carbocycles. The number of carboxylic acid groups (broad SMARTS) is 1. The third-order valence-corrected chi connectivity index (χ3v) is 4.49. The maximum atomic E-state index is 10.9. The van der Waals surface area contributed by atoms with Crippen LogP contribution in [0.25, 0.3) is 0 Å². The number of rotatable bonds is 2. The van der Waals surface area contributed by atoms with E-state index in [0.29, 0.717) is 12.1 Å². The summed E-state index contributed by atoms with van der Waals surface area (Å²) in [6.07, 6.45) is 3.46. The van der Waals surface area contributed by atoms with Crippen LogP contribution < -0.4 is 11.1 Å². The first-order chi connectivity index (χ1) is 9.32. The maximum absolute atomic E-state index is 10.9. The van der Waals surface area contributed by atoms with Crippen LogP contribution in [0, 0.1) is 5.92 Å². The molecule has 0 radical (unpaired) electrons. The topological polar surface area (TPSA) is 108 Å². The molecule has 4 atom stereocenters. The number of nitrogens with two attached hydrogens (primary N) is 1. The average molecular weight is 279 g/mol. The zero-order chi connectivity index (χ0) is 14.9. The number of aromatic nitrogens is 1. The Balaban J connectivity index is 2.26. The number of anilines is 1. The Hall–Kier alpha value is -1.82. The molecule has 1 aromatic rings. The molecule has 6 heteroatoms. The third-order valence-electron chi connectivity index (χ3n) is 4.49. The van der Waals surface area contributed by atoms with Crippen molar-refractivity contribution < 1.29 is 15.0 Å². The lowest BCUT2D eigenvalue weighted by Crippen LogP contribution is -2.57.